The molecule has 0 N–H and O–H groups in total. The van der Waals surface area contributed by atoms with Crippen LogP contribution >= 0.6 is 0 Å². The van der Waals surface area contributed by atoms with Crippen molar-refractivity contribution in [2.24, 2.45) is 0 Å². The third-order valence-electron chi connectivity index (χ3n) is 4.29. The molecule has 140 valence electrons. The summed E-state index contributed by atoms with van der Waals surface area (Å²) in [5.41, 5.74) is 0.850. The number of likely N-dealkylation sites (N-methyl/N-ethyl adjacent to an activating group) is 2. The number of carbonyl (C=O) groups excluding carboxylic acids is 1. The topological polar surface area (TPSA) is 80.9 Å². The van der Waals surface area contributed by atoms with Gasteiger partial charge in [-0.15, -0.1) is 10.2 Å². The molecular weight excluding hydrogens is 336 g/mol. The van der Waals surface area contributed by atoms with Crippen molar-refractivity contribution in [1.29, 1.82) is 0 Å². The number of rotatable bonds is 7. The lowest BCUT2D eigenvalue weighted by molar-refractivity contribution is -0.137. The number of amides is 1. The number of ether oxygens (including phenoxy) is 2. The van der Waals surface area contributed by atoms with Crippen molar-refractivity contribution < 1.29 is 18.7 Å². The number of aryl methyl sites for hydroxylation is 1. The normalized spacial score (nSPS) is 13.9. The summed E-state index contributed by atoms with van der Waals surface area (Å²) in [4.78, 5) is 16.8. The quantitative estimate of drug-likeness (QED) is 0.747. The van der Waals surface area contributed by atoms with Crippen LogP contribution in [0.25, 0.3) is 0 Å². The van der Waals surface area contributed by atoms with E-state index in [2.05, 4.69) is 10.2 Å². The first-order valence-electron chi connectivity index (χ1n) is 8.69. The summed E-state index contributed by atoms with van der Waals surface area (Å²) in [5.74, 6) is 2.34. The molecule has 0 aliphatic carbocycles. The van der Waals surface area contributed by atoms with Gasteiger partial charge in [-0.1, -0.05) is 13.0 Å². The van der Waals surface area contributed by atoms with Crippen LogP contribution in [-0.2, 0) is 17.8 Å². The molecule has 2 heterocycles. The number of carbonyl (C=O) groups is 1. The fraction of sp³-hybridized carbons (Fsp3) is 0.500. The van der Waals surface area contributed by atoms with Gasteiger partial charge < -0.3 is 18.8 Å². The molecule has 0 saturated carbocycles. The molecule has 26 heavy (non-hydrogen) atoms. The van der Waals surface area contributed by atoms with Crippen LogP contribution in [0, 0.1) is 0 Å². The summed E-state index contributed by atoms with van der Waals surface area (Å²) in [5, 5.41) is 7.98. The molecule has 0 fully saturated rings. The van der Waals surface area contributed by atoms with Gasteiger partial charge in [0.15, 0.2) is 11.5 Å². The fourth-order valence-electron chi connectivity index (χ4n) is 2.92. The van der Waals surface area contributed by atoms with E-state index < -0.39 is 6.04 Å². The number of aromatic nitrogens is 2. The zero-order valence-corrected chi connectivity index (χ0v) is 15.6. The second-order valence-corrected chi connectivity index (χ2v) is 6.27. The molecule has 1 aromatic carbocycles. The maximum absolute atomic E-state index is 13.2. The van der Waals surface area contributed by atoms with Gasteiger partial charge in [-0.2, -0.15) is 0 Å². The Morgan fingerprint density at radius 2 is 1.88 bits per heavy atom. The van der Waals surface area contributed by atoms with Crippen LogP contribution in [0.2, 0.25) is 0 Å². The van der Waals surface area contributed by atoms with Crippen LogP contribution in [0.15, 0.2) is 22.6 Å². The van der Waals surface area contributed by atoms with Crippen molar-refractivity contribution in [1.82, 2.24) is 20.0 Å². The largest absolute Gasteiger partial charge is 0.454 e. The van der Waals surface area contributed by atoms with Crippen molar-refractivity contribution >= 4 is 5.91 Å². The van der Waals surface area contributed by atoms with Crippen molar-refractivity contribution in [3.8, 4) is 11.5 Å². The molecule has 2 aromatic rings. The van der Waals surface area contributed by atoms with Gasteiger partial charge in [-0.3, -0.25) is 9.69 Å². The van der Waals surface area contributed by atoms with Crippen molar-refractivity contribution in [2.45, 2.75) is 32.9 Å². The predicted octanol–water partition coefficient (Wildman–Crippen LogP) is 2.01. The van der Waals surface area contributed by atoms with Crippen LogP contribution in [-0.4, -0.2) is 53.3 Å². The van der Waals surface area contributed by atoms with E-state index in [0.717, 1.165) is 5.56 Å². The highest BCUT2D eigenvalue weighted by Crippen LogP contribution is 2.35. The molecular formula is C18H24N4O4. The Balaban J connectivity index is 1.82. The Labute approximate surface area is 152 Å². The lowest BCUT2D eigenvalue weighted by Crippen LogP contribution is -2.40. The van der Waals surface area contributed by atoms with Gasteiger partial charge in [0.1, 0.15) is 6.04 Å². The highest BCUT2D eigenvalue weighted by Gasteiger charge is 2.29. The van der Waals surface area contributed by atoms with E-state index in [1.165, 1.54) is 0 Å². The molecule has 0 spiro atoms. The average Bonchev–Trinajstić information content (AvgIpc) is 3.27. The maximum atomic E-state index is 13.2. The van der Waals surface area contributed by atoms with Crippen LogP contribution in [0.3, 0.4) is 0 Å². The molecule has 0 saturated heterocycles. The van der Waals surface area contributed by atoms with Crippen molar-refractivity contribution in [3.63, 3.8) is 0 Å². The standard InChI is InChI=1S/C18H24N4O4/c1-5-15-19-20-16(26-15)10-22(6-2)18(23)17(21(3)4)12-7-8-13-14(9-12)25-11-24-13/h7-9,17H,5-6,10-11H2,1-4H3/t17-/m0/s1. The van der Waals surface area contributed by atoms with E-state index in [4.69, 9.17) is 13.9 Å². The van der Waals surface area contributed by atoms with Crippen LogP contribution < -0.4 is 9.47 Å². The van der Waals surface area contributed by atoms with Crippen LogP contribution in [0.1, 0.15) is 37.2 Å². The summed E-state index contributed by atoms with van der Waals surface area (Å²) in [6.07, 6.45) is 0.671. The van der Waals surface area contributed by atoms with E-state index in [9.17, 15) is 4.79 Å². The Morgan fingerprint density at radius 3 is 2.54 bits per heavy atom. The van der Waals surface area contributed by atoms with E-state index in [1.54, 1.807) is 4.90 Å². The van der Waals surface area contributed by atoms with Gasteiger partial charge in [0, 0.05) is 13.0 Å². The Morgan fingerprint density at radius 1 is 1.15 bits per heavy atom. The molecule has 8 heteroatoms. The molecule has 1 aliphatic heterocycles. The molecule has 1 atom stereocenters. The van der Waals surface area contributed by atoms with Crippen molar-refractivity contribution in [3.05, 3.63) is 35.5 Å². The van der Waals surface area contributed by atoms with Gasteiger partial charge in [0.2, 0.25) is 24.5 Å². The molecule has 1 amide bonds. The molecule has 3 rings (SSSR count). The lowest BCUT2D eigenvalue weighted by Gasteiger charge is -2.29. The second-order valence-electron chi connectivity index (χ2n) is 6.27. The van der Waals surface area contributed by atoms with Gasteiger partial charge >= 0.3 is 0 Å². The summed E-state index contributed by atoms with van der Waals surface area (Å²) in [7, 11) is 3.76. The summed E-state index contributed by atoms with van der Waals surface area (Å²) >= 11 is 0. The van der Waals surface area contributed by atoms with Crippen molar-refractivity contribution in [2.75, 3.05) is 27.4 Å². The number of fused-ring (bicyclic) bond motifs is 1. The number of hydrogen-bond acceptors (Lipinski definition) is 7. The minimum absolute atomic E-state index is 0.0346. The third kappa shape index (κ3) is 3.65. The van der Waals surface area contributed by atoms with E-state index in [1.807, 2.05) is 51.0 Å². The predicted molar refractivity (Wildman–Crippen MR) is 93.8 cm³/mol. The average molecular weight is 360 g/mol. The third-order valence-corrected chi connectivity index (χ3v) is 4.29. The highest BCUT2D eigenvalue weighted by molar-refractivity contribution is 5.83. The fourth-order valence-corrected chi connectivity index (χ4v) is 2.92. The summed E-state index contributed by atoms with van der Waals surface area (Å²) < 4.78 is 16.4. The monoisotopic (exact) mass is 360 g/mol. The number of nitrogens with zero attached hydrogens (tertiary/aromatic N) is 4. The lowest BCUT2D eigenvalue weighted by atomic mass is 10.0. The van der Waals surface area contributed by atoms with E-state index in [-0.39, 0.29) is 19.2 Å². The minimum Gasteiger partial charge on any atom is -0.454 e. The van der Waals surface area contributed by atoms with Crippen LogP contribution in [0.4, 0.5) is 0 Å². The maximum Gasteiger partial charge on any atom is 0.244 e. The molecule has 0 bridgehead atoms. The summed E-state index contributed by atoms with van der Waals surface area (Å²) in [6.45, 7) is 4.91. The molecule has 0 unspecified atom stereocenters. The Hall–Kier alpha value is -2.61. The highest BCUT2D eigenvalue weighted by atomic mass is 16.7. The van der Waals surface area contributed by atoms with Gasteiger partial charge in [-0.25, -0.2) is 0 Å². The molecule has 8 nitrogen and oxygen atoms in total. The molecule has 1 aliphatic rings. The first-order valence-corrected chi connectivity index (χ1v) is 8.69. The van der Waals surface area contributed by atoms with Gasteiger partial charge in [-0.05, 0) is 38.7 Å². The zero-order chi connectivity index (χ0) is 18.7. The summed E-state index contributed by atoms with van der Waals surface area (Å²) in [6, 6.07) is 5.15. The molecule has 0 radical (unpaired) electrons. The number of hydrogen-bond donors (Lipinski definition) is 0. The minimum atomic E-state index is -0.446. The first-order chi connectivity index (χ1) is 12.5. The zero-order valence-electron chi connectivity index (χ0n) is 15.6. The first kappa shape index (κ1) is 18.2. The smallest absolute Gasteiger partial charge is 0.244 e. The van der Waals surface area contributed by atoms with E-state index in [0.29, 0.717) is 36.2 Å². The van der Waals surface area contributed by atoms with Gasteiger partial charge in [0.25, 0.3) is 0 Å². The van der Waals surface area contributed by atoms with Gasteiger partial charge in [0.05, 0.1) is 6.54 Å². The SMILES string of the molecule is CCc1nnc(CN(CC)C(=O)[C@H](c2ccc3c(c2)OCO3)N(C)C)o1. The number of benzene rings is 1. The van der Waals surface area contributed by atoms with E-state index >= 15 is 0 Å². The second kappa shape index (κ2) is 7.74. The van der Waals surface area contributed by atoms with Crippen LogP contribution in [0.5, 0.6) is 11.5 Å². The Bertz CT molecular complexity index is 774. The Kier molecular flexibility index (Phi) is 5.41. The molecule has 1 aromatic heterocycles.